The van der Waals surface area contributed by atoms with Gasteiger partial charge in [-0.2, -0.15) is 0 Å². The van der Waals surface area contributed by atoms with Crippen LogP contribution in [0.4, 0.5) is 11.4 Å². The van der Waals surface area contributed by atoms with Crippen LogP contribution in [-0.2, 0) is 6.54 Å². The molecule has 88 valence electrons. The van der Waals surface area contributed by atoms with Crippen LogP contribution in [0.5, 0.6) is 5.75 Å². The van der Waals surface area contributed by atoms with Crippen LogP contribution in [0.1, 0.15) is 5.56 Å². The second-order valence-corrected chi connectivity index (χ2v) is 3.79. The van der Waals surface area contributed by atoms with Crippen LogP contribution in [0, 0.1) is 0 Å². The Hall–Kier alpha value is -2.16. The molecule has 0 spiro atoms. The zero-order chi connectivity index (χ0) is 12.1. The van der Waals surface area contributed by atoms with E-state index in [0.29, 0.717) is 6.54 Å². The second-order valence-electron chi connectivity index (χ2n) is 3.79. The zero-order valence-electron chi connectivity index (χ0n) is 9.81. The first kappa shape index (κ1) is 11.3. The molecule has 3 nitrogen and oxygen atoms in total. The molecule has 3 heteroatoms. The van der Waals surface area contributed by atoms with E-state index in [4.69, 9.17) is 10.5 Å². The van der Waals surface area contributed by atoms with Crippen molar-refractivity contribution in [3.63, 3.8) is 0 Å². The van der Waals surface area contributed by atoms with Crippen molar-refractivity contribution in [1.29, 1.82) is 0 Å². The lowest BCUT2D eigenvalue weighted by molar-refractivity contribution is 0.410. The van der Waals surface area contributed by atoms with Gasteiger partial charge in [0.15, 0.2) is 0 Å². The highest BCUT2D eigenvalue weighted by Gasteiger charge is 2.01. The molecule has 0 aliphatic heterocycles. The van der Waals surface area contributed by atoms with Gasteiger partial charge in [-0.15, -0.1) is 0 Å². The van der Waals surface area contributed by atoms with Crippen molar-refractivity contribution < 1.29 is 4.74 Å². The first-order valence-electron chi connectivity index (χ1n) is 5.51. The second kappa shape index (κ2) is 5.25. The summed E-state index contributed by atoms with van der Waals surface area (Å²) in [5.41, 5.74) is 8.61. The molecule has 0 aliphatic rings. The third-order valence-electron chi connectivity index (χ3n) is 2.56. The van der Waals surface area contributed by atoms with Gasteiger partial charge in [0.1, 0.15) is 5.75 Å². The lowest BCUT2D eigenvalue weighted by Crippen LogP contribution is -2.01. The van der Waals surface area contributed by atoms with Crippen molar-refractivity contribution in [2.24, 2.45) is 0 Å². The SMILES string of the molecule is COc1ccccc1CNc1cccc(N)c1. The topological polar surface area (TPSA) is 47.3 Å². The molecule has 0 saturated heterocycles. The molecule has 3 N–H and O–H groups in total. The van der Waals surface area contributed by atoms with Crippen LogP contribution in [0.25, 0.3) is 0 Å². The number of benzene rings is 2. The number of nitrogen functional groups attached to an aromatic ring is 1. The van der Waals surface area contributed by atoms with E-state index in [1.807, 2.05) is 48.5 Å². The number of rotatable bonds is 4. The van der Waals surface area contributed by atoms with Crippen LogP contribution in [-0.4, -0.2) is 7.11 Å². The number of hydrogen-bond acceptors (Lipinski definition) is 3. The number of para-hydroxylation sites is 1. The summed E-state index contributed by atoms with van der Waals surface area (Å²) in [5, 5.41) is 3.32. The van der Waals surface area contributed by atoms with Crippen LogP contribution >= 0.6 is 0 Å². The summed E-state index contributed by atoms with van der Waals surface area (Å²) in [6.07, 6.45) is 0. The van der Waals surface area contributed by atoms with E-state index < -0.39 is 0 Å². The average Bonchev–Trinajstić information content (AvgIpc) is 2.37. The molecule has 2 aromatic rings. The van der Waals surface area contributed by atoms with Crippen LogP contribution in [0.2, 0.25) is 0 Å². The Kier molecular flexibility index (Phi) is 3.50. The molecule has 0 amide bonds. The van der Waals surface area contributed by atoms with Gasteiger partial charge in [-0.1, -0.05) is 24.3 Å². The summed E-state index contributed by atoms with van der Waals surface area (Å²) in [5.74, 6) is 0.893. The minimum absolute atomic E-state index is 0.716. The number of nitrogens with two attached hydrogens (primary N) is 1. The molecule has 0 heterocycles. The van der Waals surface area contributed by atoms with E-state index in [1.165, 1.54) is 0 Å². The zero-order valence-corrected chi connectivity index (χ0v) is 9.81. The number of hydrogen-bond donors (Lipinski definition) is 2. The Balaban J connectivity index is 2.07. The van der Waals surface area contributed by atoms with Gasteiger partial charge in [0.25, 0.3) is 0 Å². The quantitative estimate of drug-likeness (QED) is 0.791. The maximum absolute atomic E-state index is 5.72. The summed E-state index contributed by atoms with van der Waals surface area (Å²) >= 11 is 0. The van der Waals surface area contributed by atoms with Gasteiger partial charge < -0.3 is 15.8 Å². The molecule has 0 saturated carbocycles. The molecule has 0 unspecified atom stereocenters. The fourth-order valence-electron chi connectivity index (χ4n) is 1.69. The summed E-state index contributed by atoms with van der Waals surface area (Å²) in [4.78, 5) is 0. The molecule has 0 aliphatic carbocycles. The smallest absolute Gasteiger partial charge is 0.123 e. The lowest BCUT2D eigenvalue weighted by atomic mass is 10.2. The van der Waals surface area contributed by atoms with Gasteiger partial charge in [-0.25, -0.2) is 0 Å². The minimum atomic E-state index is 0.716. The lowest BCUT2D eigenvalue weighted by Gasteiger charge is -2.10. The molecule has 0 fully saturated rings. The van der Waals surface area contributed by atoms with Gasteiger partial charge in [0.05, 0.1) is 7.11 Å². The van der Waals surface area contributed by atoms with Crippen LogP contribution < -0.4 is 15.8 Å². The van der Waals surface area contributed by atoms with E-state index in [1.54, 1.807) is 7.11 Å². The fraction of sp³-hybridized carbons (Fsp3) is 0.143. The Labute approximate surface area is 101 Å². The number of anilines is 2. The van der Waals surface area contributed by atoms with Crippen molar-refractivity contribution in [1.82, 2.24) is 0 Å². The van der Waals surface area contributed by atoms with Gasteiger partial charge >= 0.3 is 0 Å². The van der Waals surface area contributed by atoms with Crippen molar-refractivity contribution in [3.8, 4) is 5.75 Å². The van der Waals surface area contributed by atoms with E-state index in [-0.39, 0.29) is 0 Å². The highest BCUT2D eigenvalue weighted by atomic mass is 16.5. The van der Waals surface area contributed by atoms with Crippen molar-refractivity contribution in [2.75, 3.05) is 18.2 Å². The van der Waals surface area contributed by atoms with Gasteiger partial charge in [-0.3, -0.25) is 0 Å². The maximum Gasteiger partial charge on any atom is 0.123 e. The van der Waals surface area contributed by atoms with Gasteiger partial charge in [-0.05, 0) is 24.3 Å². The third-order valence-corrected chi connectivity index (χ3v) is 2.56. The fourth-order valence-corrected chi connectivity index (χ4v) is 1.69. The third kappa shape index (κ3) is 2.91. The Bertz CT molecular complexity index is 497. The molecular weight excluding hydrogens is 212 g/mol. The maximum atomic E-state index is 5.72. The largest absolute Gasteiger partial charge is 0.496 e. The molecule has 0 aromatic heterocycles. The molecule has 0 atom stereocenters. The Morgan fingerprint density at radius 1 is 1.12 bits per heavy atom. The minimum Gasteiger partial charge on any atom is -0.496 e. The van der Waals surface area contributed by atoms with Crippen molar-refractivity contribution >= 4 is 11.4 Å². The van der Waals surface area contributed by atoms with E-state index in [2.05, 4.69) is 5.32 Å². The van der Waals surface area contributed by atoms with Crippen LogP contribution in [0.3, 0.4) is 0 Å². The summed E-state index contributed by atoms with van der Waals surface area (Å²) < 4.78 is 5.29. The molecule has 0 bridgehead atoms. The van der Waals surface area contributed by atoms with E-state index >= 15 is 0 Å². The monoisotopic (exact) mass is 228 g/mol. The number of methoxy groups -OCH3 is 1. The van der Waals surface area contributed by atoms with E-state index in [0.717, 1.165) is 22.7 Å². The summed E-state index contributed by atoms with van der Waals surface area (Å²) in [7, 11) is 1.68. The molecular formula is C14H16N2O. The predicted octanol–water partition coefficient (Wildman–Crippen LogP) is 2.89. The van der Waals surface area contributed by atoms with Crippen LogP contribution in [0.15, 0.2) is 48.5 Å². The summed E-state index contributed by atoms with van der Waals surface area (Å²) in [6, 6.07) is 15.7. The normalized spacial score (nSPS) is 9.94. The number of ether oxygens (including phenoxy) is 1. The average molecular weight is 228 g/mol. The molecule has 2 aromatic carbocycles. The Morgan fingerprint density at radius 2 is 1.94 bits per heavy atom. The highest BCUT2D eigenvalue weighted by Crippen LogP contribution is 2.19. The molecule has 0 radical (unpaired) electrons. The van der Waals surface area contributed by atoms with E-state index in [9.17, 15) is 0 Å². The molecule has 17 heavy (non-hydrogen) atoms. The first-order chi connectivity index (χ1) is 8.29. The van der Waals surface area contributed by atoms with Gasteiger partial charge in [0.2, 0.25) is 0 Å². The molecule has 2 rings (SSSR count). The highest BCUT2D eigenvalue weighted by molar-refractivity contribution is 5.54. The van der Waals surface area contributed by atoms with Gasteiger partial charge in [0, 0.05) is 23.5 Å². The first-order valence-corrected chi connectivity index (χ1v) is 5.51. The summed E-state index contributed by atoms with van der Waals surface area (Å²) in [6.45, 7) is 0.716. The van der Waals surface area contributed by atoms with Crippen molar-refractivity contribution in [2.45, 2.75) is 6.54 Å². The van der Waals surface area contributed by atoms with Crippen molar-refractivity contribution in [3.05, 3.63) is 54.1 Å². The predicted molar refractivity (Wildman–Crippen MR) is 71.2 cm³/mol. The standard InChI is InChI=1S/C14H16N2O/c1-17-14-8-3-2-5-11(14)10-16-13-7-4-6-12(15)9-13/h2-9,16H,10,15H2,1H3. The number of nitrogens with one attached hydrogen (secondary N) is 1. The Morgan fingerprint density at radius 3 is 2.71 bits per heavy atom.